The Balaban J connectivity index is 1.94. The van der Waals surface area contributed by atoms with Gasteiger partial charge in [-0.25, -0.2) is 0 Å². The fourth-order valence-electron chi connectivity index (χ4n) is 4.35. The maximum Gasteiger partial charge on any atom is 0.277 e. The highest BCUT2D eigenvalue weighted by molar-refractivity contribution is 6.21. The van der Waals surface area contributed by atoms with Gasteiger partial charge in [0, 0.05) is 35.8 Å². The van der Waals surface area contributed by atoms with Crippen molar-refractivity contribution in [2.24, 2.45) is 0 Å². The Hall–Kier alpha value is -3.59. The molecule has 4 rings (SSSR count). The average Bonchev–Trinajstić information content (AvgIpc) is 2.94. The van der Waals surface area contributed by atoms with Crippen LogP contribution in [0.15, 0.2) is 54.9 Å². The molecule has 0 amide bonds. The normalized spacial score (nSPS) is 17.6. The quantitative estimate of drug-likeness (QED) is 0.361. The van der Waals surface area contributed by atoms with E-state index in [0.717, 1.165) is 11.1 Å². The van der Waals surface area contributed by atoms with Crippen LogP contribution < -0.4 is 0 Å². The highest BCUT2D eigenvalue weighted by Crippen LogP contribution is 2.49. The summed E-state index contributed by atoms with van der Waals surface area (Å²) in [6, 6.07) is 14.3. The van der Waals surface area contributed by atoms with Crippen LogP contribution in [0.25, 0.3) is 10.8 Å². The van der Waals surface area contributed by atoms with E-state index >= 15 is 0 Å². The fraction of sp³-hybridized carbons (Fsp3) is 0.227. The van der Waals surface area contributed by atoms with Crippen LogP contribution in [-0.2, 0) is 11.8 Å². The Labute approximate surface area is 161 Å². The van der Waals surface area contributed by atoms with Gasteiger partial charge in [-0.2, -0.15) is 5.26 Å². The molecule has 0 radical (unpaired) electrons. The zero-order chi connectivity index (χ0) is 19.7. The zero-order valence-electron chi connectivity index (χ0n) is 15.1. The summed E-state index contributed by atoms with van der Waals surface area (Å²) in [4.78, 5) is 28.7. The Bertz CT molecular complexity index is 1130. The Kier molecular flexibility index (Phi) is 4.36. The van der Waals surface area contributed by atoms with Crippen molar-refractivity contribution in [3.8, 4) is 6.07 Å². The second-order valence-electron chi connectivity index (χ2n) is 7.07. The SMILES string of the molecule is N#CCCCC1(Cc2ccncc2)C(=O)c2cccc3c([N+](=O)[O-])ccc1c23. The number of pyridine rings is 1. The summed E-state index contributed by atoms with van der Waals surface area (Å²) < 4.78 is 0. The first kappa shape index (κ1) is 17.8. The number of carbonyl (C=O) groups excluding carboxylic acids is 1. The predicted octanol–water partition coefficient (Wildman–Crippen LogP) is 4.51. The number of hydrogen-bond donors (Lipinski definition) is 0. The standard InChI is InChI=1S/C22H17N3O3/c23-11-2-1-10-22(14-15-8-12-24-13-9-15)18-6-7-19(25(27)28)16-4-3-5-17(20(16)18)21(22)26/h3-9,12-13H,1-2,10,14H2. The first-order valence-corrected chi connectivity index (χ1v) is 9.10. The van der Waals surface area contributed by atoms with Gasteiger partial charge in [0.15, 0.2) is 5.78 Å². The second-order valence-corrected chi connectivity index (χ2v) is 7.07. The molecule has 1 unspecified atom stereocenters. The summed E-state index contributed by atoms with van der Waals surface area (Å²) >= 11 is 0. The summed E-state index contributed by atoms with van der Waals surface area (Å²) in [7, 11) is 0. The van der Waals surface area contributed by atoms with Gasteiger partial charge in [-0.15, -0.1) is 0 Å². The molecule has 0 saturated carbocycles. The molecule has 0 N–H and O–H groups in total. The number of rotatable bonds is 6. The van der Waals surface area contributed by atoms with Crippen LogP contribution in [0.3, 0.4) is 0 Å². The molecule has 0 saturated heterocycles. The van der Waals surface area contributed by atoms with E-state index in [1.165, 1.54) is 6.07 Å². The number of hydrogen-bond acceptors (Lipinski definition) is 5. The van der Waals surface area contributed by atoms with Crippen LogP contribution in [0.1, 0.15) is 40.7 Å². The van der Waals surface area contributed by atoms with Crippen LogP contribution in [0.2, 0.25) is 0 Å². The van der Waals surface area contributed by atoms with Crippen molar-refractivity contribution >= 4 is 22.2 Å². The number of nitriles is 1. The summed E-state index contributed by atoms with van der Waals surface area (Å²) in [5.74, 6) is -0.0247. The molecule has 1 atom stereocenters. The topological polar surface area (TPSA) is 96.9 Å². The van der Waals surface area contributed by atoms with Crippen LogP contribution in [0, 0.1) is 21.4 Å². The van der Waals surface area contributed by atoms with Gasteiger partial charge in [-0.05, 0) is 48.6 Å². The molecule has 28 heavy (non-hydrogen) atoms. The van der Waals surface area contributed by atoms with Gasteiger partial charge < -0.3 is 0 Å². The predicted molar refractivity (Wildman–Crippen MR) is 104 cm³/mol. The van der Waals surface area contributed by atoms with Crippen molar-refractivity contribution in [2.45, 2.75) is 31.1 Å². The number of non-ortho nitro benzene ring substituents is 1. The highest BCUT2D eigenvalue weighted by Gasteiger charge is 2.47. The monoisotopic (exact) mass is 371 g/mol. The second kappa shape index (κ2) is 6.86. The minimum Gasteiger partial charge on any atom is -0.293 e. The number of carbonyl (C=O) groups is 1. The molecule has 1 aliphatic rings. The summed E-state index contributed by atoms with van der Waals surface area (Å²) in [6.45, 7) is 0. The smallest absolute Gasteiger partial charge is 0.277 e. The molecular weight excluding hydrogens is 354 g/mol. The third-order valence-electron chi connectivity index (χ3n) is 5.56. The highest BCUT2D eigenvalue weighted by atomic mass is 16.6. The van der Waals surface area contributed by atoms with Gasteiger partial charge in [0.1, 0.15) is 0 Å². The van der Waals surface area contributed by atoms with Gasteiger partial charge in [0.05, 0.1) is 21.8 Å². The van der Waals surface area contributed by atoms with Gasteiger partial charge in [0.2, 0.25) is 0 Å². The van der Waals surface area contributed by atoms with Gasteiger partial charge in [-0.3, -0.25) is 19.9 Å². The van der Waals surface area contributed by atoms with E-state index in [1.54, 1.807) is 36.7 Å². The minimum absolute atomic E-state index is 0.00476. The lowest BCUT2D eigenvalue weighted by Crippen LogP contribution is -2.34. The van der Waals surface area contributed by atoms with E-state index in [9.17, 15) is 14.9 Å². The first-order chi connectivity index (χ1) is 13.6. The van der Waals surface area contributed by atoms with Crippen LogP contribution >= 0.6 is 0 Å². The lowest BCUT2D eigenvalue weighted by atomic mass is 9.71. The fourth-order valence-corrected chi connectivity index (χ4v) is 4.35. The van der Waals surface area contributed by atoms with Crippen LogP contribution in [-0.4, -0.2) is 15.7 Å². The molecule has 138 valence electrons. The van der Waals surface area contributed by atoms with E-state index in [2.05, 4.69) is 11.1 Å². The van der Waals surface area contributed by atoms with Gasteiger partial charge in [0.25, 0.3) is 5.69 Å². The Morgan fingerprint density at radius 3 is 2.64 bits per heavy atom. The number of Topliss-reactive ketones (excluding diaryl/α,β-unsaturated/α-hetero) is 1. The van der Waals surface area contributed by atoms with Crippen molar-refractivity contribution in [1.29, 1.82) is 5.26 Å². The number of benzene rings is 2. The van der Waals surface area contributed by atoms with Crippen molar-refractivity contribution < 1.29 is 9.72 Å². The molecule has 0 bridgehead atoms. The van der Waals surface area contributed by atoms with Gasteiger partial charge >= 0.3 is 0 Å². The molecule has 0 spiro atoms. The molecule has 1 aromatic heterocycles. The number of nitrogens with zero attached hydrogens (tertiary/aromatic N) is 3. The van der Waals surface area contributed by atoms with E-state index < -0.39 is 10.3 Å². The minimum atomic E-state index is -0.824. The van der Waals surface area contributed by atoms with Crippen molar-refractivity contribution in [3.05, 3.63) is 81.7 Å². The first-order valence-electron chi connectivity index (χ1n) is 9.10. The van der Waals surface area contributed by atoms with Crippen molar-refractivity contribution in [3.63, 3.8) is 0 Å². The Morgan fingerprint density at radius 2 is 1.93 bits per heavy atom. The zero-order valence-corrected chi connectivity index (χ0v) is 15.1. The molecular formula is C22H17N3O3. The summed E-state index contributed by atoms with van der Waals surface area (Å²) in [5, 5.41) is 21.6. The lowest BCUT2D eigenvalue weighted by Gasteiger charge is -2.29. The van der Waals surface area contributed by atoms with E-state index in [1.807, 2.05) is 12.1 Å². The average molecular weight is 371 g/mol. The van der Waals surface area contributed by atoms with Gasteiger partial charge in [-0.1, -0.05) is 18.2 Å². The maximum absolute atomic E-state index is 13.6. The molecule has 6 heteroatoms. The molecule has 6 nitrogen and oxygen atoms in total. The van der Waals surface area contributed by atoms with Crippen molar-refractivity contribution in [2.75, 3.05) is 0 Å². The maximum atomic E-state index is 13.6. The molecule has 0 fully saturated rings. The Morgan fingerprint density at radius 1 is 1.14 bits per heavy atom. The molecule has 1 aliphatic carbocycles. The number of unbranched alkanes of at least 4 members (excludes halogenated alkanes) is 1. The molecule has 0 aliphatic heterocycles. The molecule has 1 heterocycles. The summed E-state index contributed by atoms with van der Waals surface area (Å²) in [5.41, 5.74) is 1.50. The lowest BCUT2D eigenvalue weighted by molar-refractivity contribution is -0.383. The molecule has 3 aromatic rings. The third-order valence-corrected chi connectivity index (χ3v) is 5.56. The largest absolute Gasteiger partial charge is 0.293 e. The number of nitro groups is 1. The third kappa shape index (κ3) is 2.64. The number of nitro benzene ring substituents is 1. The van der Waals surface area contributed by atoms with Crippen LogP contribution in [0.5, 0.6) is 0 Å². The number of ketones is 1. The van der Waals surface area contributed by atoms with E-state index in [0.29, 0.717) is 42.0 Å². The number of aromatic nitrogens is 1. The van der Waals surface area contributed by atoms with E-state index in [4.69, 9.17) is 5.26 Å². The van der Waals surface area contributed by atoms with Crippen LogP contribution in [0.4, 0.5) is 5.69 Å². The van der Waals surface area contributed by atoms with E-state index in [-0.39, 0.29) is 11.5 Å². The van der Waals surface area contributed by atoms with Crippen molar-refractivity contribution in [1.82, 2.24) is 4.98 Å². The summed E-state index contributed by atoms with van der Waals surface area (Å²) in [6.07, 6.45) is 5.31. The molecule has 2 aromatic carbocycles.